The second-order valence-corrected chi connectivity index (χ2v) is 4.98. The number of rotatable bonds is 3. The van der Waals surface area contributed by atoms with Gasteiger partial charge < -0.3 is 10.0 Å². The predicted octanol–water partition coefficient (Wildman–Crippen LogP) is 0.915. The molecule has 1 aromatic heterocycles. The van der Waals surface area contributed by atoms with Crippen LogP contribution >= 0.6 is 11.3 Å². The molecular weight excluding hydrogens is 224 g/mol. The van der Waals surface area contributed by atoms with Gasteiger partial charge in [0.15, 0.2) is 0 Å². The highest BCUT2D eigenvalue weighted by Crippen LogP contribution is 2.15. The number of aryl methyl sites for hydroxylation is 1. The van der Waals surface area contributed by atoms with Gasteiger partial charge >= 0.3 is 0 Å². The molecule has 1 aromatic rings. The van der Waals surface area contributed by atoms with Gasteiger partial charge in [-0.2, -0.15) is 0 Å². The zero-order valence-corrected chi connectivity index (χ0v) is 9.91. The monoisotopic (exact) mass is 238 g/mol. The number of aliphatic hydroxyl groups excluding tert-OH is 1. The van der Waals surface area contributed by atoms with Crippen molar-refractivity contribution in [2.24, 2.45) is 5.92 Å². The molecule has 1 N–H and O–H groups in total. The molecule has 0 unspecified atom stereocenters. The molecule has 0 aliphatic carbocycles. The summed E-state index contributed by atoms with van der Waals surface area (Å²) in [6.07, 6.45) is 3.28. The Kier molecular flexibility index (Phi) is 3.36. The maximum Gasteiger partial charge on any atom is 0.246 e. The van der Waals surface area contributed by atoms with Crippen LogP contribution in [-0.2, 0) is 4.79 Å². The van der Waals surface area contributed by atoms with Crippen LogP contribution in [0.4, 0.5) is 0 Å². The summed E-state index contributed by atoms with van der Waals surface area (Å²) < 4.78 is 0. The molecule has 1 saturated heterocycles. The first kappa shape index (κ1) is 11.3. The Hall–Kier alpha value is -1.20. The minimum Gasteiger partial charge on any atom is -0.396 e. The third kappa shape index (κ3) is 2.48. The lowest BCUT2D eigenvalue weighted by atomic mass is 10.0. The number of thiazole rings is 1. The van der Waals surface area contributed by atoms with Gasteiger partial charge in [-0.25, -0.2) is 4.98 Å². The lowest BCUT2D eigenvalue weighted by Crippen LogP contribution is -2.50. The first-order chi connectivity index (χ1) is 7.69. The molecule has 5 heteroatoms. The van der Waals surface area contributed by atoms with Crippen molar-refractivity contribution in [1.29, 1.82) is 0 Å². The molecule has 1 aliphatic rings. The predicted molar refractivity (Wildman–Crippen MR) is 63.0 cm³/mol. The van der Waals surface area contributed by atoms with Crippen LogP contribution in [0.1, 0.15) is 10.7 Å². The highest BCUT2D eigenvalue weighted by molar-refractivity contribution is 7.09. The number of amides is 1. The van der Waals surface area contributed by atoms with E-state index in [1.54, 1.807) is 28.4 Å². The fourth-order valence-corrected chi connectivity index (χ4v) is 2.16. The Labute approximate surface area is 98.2 Å². The highest BCUT2D eigenvalue weighted by Gasteiger charge is 2.28. The van der Waals surface area contributed by atoms with Gasteiger partial charge in [0.1, 0.15) is 0 Å². The third-order valence-electron chi connectivity index (χ3n) is 2.56. The normalized spacial score (nSPS) is 16.8. The van der Waals surface area contributed by atoms with Crippen LogP contribution in [0.3, 0.4) is 0 Å². The third-order valence-corrected chi connectivity index (χ3v) is 3.35. The Morgan fingerprint density at radius 3 is 3.06 bits per heavy atom. The summed E-state index contributed by atoms with van der Waals surface area (Å²) in [5, 5.41) is 11.8. The number of likely N-dealkylation sites (tertiary alicyclic amines) is 1. The molecule has 2 rings (SSSR count). The van der Waals surface area contributed by atoms with E-state index in [2.05, 4.69) is 4.98 Å². The summed E-state index contributed by atoms with van der Waals surface area (Å²) in [6.45, 7) is 3.43. The molecule has 0 saturated carbocycles. The number of carbonyl (C=O) groups excluding carboxylic acids is 1. The maximum absolute atomic E-state index is 11.6. The van der Waals surface area contributed by atoms with Crippen molar-refractivity contribution in [2.45, 2.75) is 6.92 Å². The van der Waals surface area contributed by atoms with Gasteiger partial charge in [-0.1, -0.05) is 0 Å². The van der Waals surface area contributed by atoms with Crippen LogP contribution in [-0.4, -0.2) is 40.6 Å². The molecule has 1 fully saturated rings. The van der Waals surface area contributed by atoms with Gasteiger partial charge in [0, 0.05) is 37.1 Å². The minimum atomic E-state index is -0.00430. The summed E-state index contributed by atoms with van der Waals surface area (Å²) in [4.78, 5) is 17.6. The van der Waals surface area contributed by atoms with E-state index in [0.29, 0.717) is 13.1 Å². The fourth-order valence-electron chi connectivity index (χ4n) is 1.58. The molecule has 86 valence electrons. The van der Waals surface area contributed by atoms with Crippen LogP contribution in [0.25, 0.3) is 6.08 Å². The Balaban J connectivity index is 1.86. The molecule has 1 aliphatic heterocycles. The largest absolute Gasteiger partial charge is 0.396 e. The summed E-state index contributed by atoms with van der Waals surface area (Å²) in [5.74, 6) is 0.259. The number of aromatic nitrogens is 1. The maximum atomic E-state index is 11.6. The van der Waals surface area contributed by atoms with Gasteiger partial charge in [-0.15, -0.1) is 11.3 Å². The van der Waals surface area contributed by atoms with E-state index in [9.17, 15) is 4.79 Å². The number of nitrogens with zero attached hydrogens (tertiary/aromatic N) is 2. The lowest BCUT2D eigenvalue weighted by molar-refractivity contribution is -0.132. The quantitative estimate of drug-likeness (QED) is 0.797. The molecular formula is C11H14N2O2S. The number of hydrogen-bond donors (Lipinski definition) is 1. The van der Waals surface area contributed by atoms with Gasteiger partial charge in [0.05, 0.1) is 10.7 Å². The Bertz CT molecular complexity index is 408. The van der Waals surface area contributed by atoms with Crippen LogP contribution in [0.15, 0.2) is 11.5 Å². The van der Waals surface area contributed by atoms with Crippen molar-refractivity contribution in [3.05, 3.63) is 22.2 Å². The molecule has 0 aromatic carbocycles. The van der Waals surface area contributed by atoms with Crippen LogP contribution in [0.5, 0.6) is 0 Å². The van der Waals surface area contributed by atoms with E-state index in [1.165, 1.54) is 0 Å². The second-order valence-electron chi connectivity index (χ2n) is 3.92. The zero-order valence-electron chi connectivity index (χ0n) is 9.09. The molecule has 0 spiro atoms. The fraction of sp³-hybridized carbons (Fsp3) is 0.455. The van der Waals surface area contributed by atoms with E-state index in [0.717, 1.165) is 10.7 Å². The van der Waals surface area contributed by atoms with Gasteiger partial charge in [-0.3, -0.25) is 4.79 Å². The summed E-state index contributed by atoms with van der Waals surface area (Å²) in [6, 6.07) is 0. The van der Waals surface area contributed by atoms with Gasteiger partial charge in [0.25, 0.3) is 0 Å². The van der Waals surface area contributed by atoms with Gasteiger partial charge in [-0.05, 0) is 13.0 Å². The molecule has 1 amide bonds. The first-order valence-electron chi connectivity index (χ1n) is 5.19. The van der Waals surface area contributed by atoms with E-state index < -0.39 is 0 Å². The molecule has 16 heavy (non-hydrogen) atoms. The van der Waals surface area contributed by atoms with E-state index in [4.69, 9.17) is 5.11 Å². The topological polar surface area (TPSA) is 53.4 Å². The lowest BCUT2D eigenvalue weighted by Gasteiger charge is -2.37. The first-order valence-corrected chi connectivity index (χ1v) is 6.07. The number of aliphatic hydroxyl groups is 1. The SMILES string of the molecule is Cc1nc(C=CC(=O)N2CC(CO)C2)cs1. The molecule has 4 nitrogen and oxygen atoms in total. The highest BCUT2D eigenvalue weighted by atomic mass is 32.1. The Morgan fingerprint density at radius 1 is 1.75 bits per heavy atom. The minimum absolute atomic E-state index is 0.00430. The second kappa shape index (κ2) is 4.76. The summed E-state index contributed by atoms with van der Waals surface area (Å²) in [5.41, 5.74) is 0.829. The van der Waals surface area contributed by atoms with E-state index >= 15 is 0 Å². The average molecular weight is 238 g/mol. The van der Waals surface area contributed by atoms with Crippen LogP contribution in [0, 0.1) is 12.8 Å². The molecule has 0 radical (unpaired) electrons. The molecule has 2 heterocycles. The van der Waals surface area contributed by atoms with Crippen molar-refractivity contribution in [1.82, 2.24) is 9.88 Å². The van der Waals surface area contributed by atoms with E-state index in [-0.39, 0.29) is 18.4 Å². The van der Waals surface area contributed by atoms with Crippen LogP contribution < -0.4 is 0 Å². The standard InChI is InChI=1S/C11H14N2O2S/c1-8-12-10(7-16-8)2-3-11(15)13-4-9(5-13)6-14/h2-3,7,9,14H,4-6H2,1H3. The number of carbonyl (C=O) groups is 1. The Morgan fingerprint density at radius 2 is 2.50 bits per heavy atom. The summed E-state index contributed by atoms with van der Waals surface area (Å²) >= 11 is 1.57. The zero-order chi connectivity index (χ0) is 11.5. The molecule has 0 atom stereocenters. The van der Waals surface area contributed by atoms with Crippen LogP contribution in [0.2, 0.25) is 0 Å². The average Bonchev–Trinajstić information content (AvgIpc) is 2.60. The van der Waals surface area contributed by atoms with Crippen molar-refractivity contribution in [2.75, 3.05) is 19.7 Å². The smallest absolute Gasteiger partial charge is 0.246 e. The number of hydrogen-bond acceptors (Lipinski definition) is 4. The van der Waals surface area contributed by atoms with E-state index in [1.807, 2.05) is 12.3 Å². The summed E-state index contributed by atoms with van der Waals surface area (Å²) in [7, 11) is 0. The van der Waals surface area contributed by atoms with Gasteiger partial charge in [0.2, 0.25) is 5.91 Å². The van der Waals surface area contributed by atoms with Crippen molar-refractivity contribution >= 4 is 23.3 Å². The van der Waals surface area contributed by atoms with Crippen molar-refractivity contribution in [3.8, 4) is 0 Å². The van der Waals surface area contributed by atoms with Crippen molar-refractivity contribution < 1.29 is 9.90 Å². The molecule has 0 bridgehead atoms. The van der Waals surface area contributed by atoms with Crippen molar-refractivity contribution in [3.63, 3.8) is 0 Å².